The minimum atomic E-state index is -1.73. The number of morpholine rings is 1. The van der Waals surface area contributed by atoms with Gasteiger partial charge < -0.3 is 24.2 Å². The Morgan fingerprint density at radius 2 is 1.92 bits per heavy atom. The van der Waals surface area contributed by atoms with Gasteiger partial charge in [-0.25, -0.2) is 0 Å². The first-order valence-electron chi connectivity index (χ1n) is 12.9. The molecule has 9 nitrogen and oxygen atoms in total. The summed E-state index contributed by atoms with van der Waals surface area (Å²) in [6.07, 6.45) is 1.62. The van der Waals surface area contributed by atoms with Crippen molar-refractivity contribution in [2.45, 2.75) is 12.5 Å². The summed E-state index contributed by atoms with van der Waals surface area (Å²) >= 11 is 0. The average Bonchev–Trinajstić information content (AvgIpc) is 3.29. The van der Waals surface area contributed by atoms with Crippen molar-refractivity contribution in [1.82, 2.24) is 4.90 Å². The number of hydrogen-bond acceptors (Lipinski definition) is 6. The molecule has 38 heavy (non-hydrogen) atoms. The number of benzene rings is 2. The Bertz CT molecular complexity index is 1320. The van der Waals surface area contributed by atoms with Gasteiger partial charge in [-0.05, 0) is 36.8 Å². The van der Waals surface area contributed by atoms with E-state index in [2.05, 4.69) is 6.58 Å². The molecular weight excluding hydrogens is 486 g/mol. The van der Waals surface area contributed by atoms with E-state index < -0.39 is 34.8 Å². The van der Waals surface area contributed by atoms with Crippen molar-refractivity contribution in [1.29, 1.82) is 0 Å². The largest absolute Gasteiger partial charge is 0.489 e. The number of rotatable bonds is 8. The maximum atomic E-state index is 14.1. The molecule has 1 N–H and O–H groups in total. The quantitative estimate of drug-likeness (QED) is 0.237. The monoisotopic (exact) mass is 518 g/mol. The van der Waals surface area contributed by atoms with Crippen LogP contribution >= 0.6 is 0 Å². The van der Waals surface area contributed by atoms with Gasteiger partial charge in [0.2, 0.25) is 5.78 Å². The molecule has 2 fully saturated rings. The van der Waals surface area contributed by atoms with Gasteiger partial charge in [0, 0.05) is 23.9 Å². The van der Waals surface area contributed by atoms with Crippen LogP contribution in [0.2, 0.25) is 0 Å². The number of ether oxygens (including phenoxy) is 2. The molecule has 3 aliphatic heterocycles. The molecule has 2 unspecified atom stereocenters. The number of nitrogens with one attached hydrogen (secondary N) is 1. The molecule has 3 heterocycles. The molecule has 0 aromatic heterocycles. The van der Waals surface area contributed by atoms with Gasteiger partial charge in [-0.15, -0.1) is 0 Å². The summed E-state index contributed by atoms with van der Waals surface area (Å²) in [5.74, 6) is -3.56. The Balaban J connectivity index is 1.59. The third-order valence-electron chi connectivity index (χ3n) is 7.84. The van der Waals surface area contributed by atoms with Crippen LogP contribution in [0.1, 0.15) is 21.5 Å². The number of aryl methyl sites for hydroxylation is 1. The van der Waals surface area contributed by atoms with Crippen molar-refractivity contribution in [2.24, 2.45) is 5.92 Å². The highest BCUT2D eigenvalue weighted by Crippen LogP contribution is 2.52. The number of ketones is 2. The fourth-order valence-corrected chi connectivity index (χ4v) is 5.92. The second-order valence-corrected chi connectivity index (χ2v) is 9.96. The van der Waals surface area contributed by atoms with Gasteiger partial charge in [0.25, 0.3) is 11.8 Å². The van der Waals surface area contributed by atoms with Crippen LogP contribution in [0.3, 0.4) is 0 Å². The zero-order chi connectivity index (χ0) is 27.0. The number of amides is 2. The number of anilines is 1. The summed E-state index contributed by atoms with van der Waals surface area (Å²) in [4.78, 5) is 59.5. The number of quaternary nitrogens is 1. The van der Waals surface area contributed by atoms with Crippen LogP contribution in [-0.2, 0) is 24.7 Å². The second kappa shape index (κ2) is 10.2. The maximum absolute atomic E-state index is 14.1. The Hall–Kier alpha value is -3.82. The van der Waals surface area contributed by atoms with Crippen molar-refractivity contribution in [3.8, 4) is 5.75 Å². The molecule has 1 spiro atoms. The van der Waals surface area contributed by atoms with Crippen molar-refractivity contribution >= 4 is 29.1 Å². The molecule has 2 saturated heterocycles. The molecule has 0 bridgehead atoms. The van der Waals surface area contributed by atoms with Crippen LogP contribution < -0.4 is 14.5 Å². The molecule has 0 saturated carbocycles. The van der Waals surface area contributed by atoms with E-state index in [1.807, 2.05) is 0 Å². The second-order valence-electron chi connectivity index (χ2n) is 9.96. The molecule has 198 valence electrons. The smallest absolute Gasteiger partial charge is 0.292 e. The molecule has 2 amide bonds. The molecule has 2 aromatic rings. The number of hydrogen-bond donors (Lipinski definition) is 1. The van der Waals surface area contributed by atoms with Gasteiger partial charge in [-0.1, -0.05) is 30.9 Å². The number of carbonyl (C=O) groups excluding carboxylic acids is 4. The third-order valence-corrected chi connectivity index (χ3v) is 7.84. The average molecular weight is 519 g/mol. The molecular formula is C29H32N3O6+. The van der Waals surface area contributed by atoms with Gasteiger partial charge in [0.15, 0.2) is 11.3 Å². The summed E-state index contributed by atoms with van der Waals surface area (Å²) in [6, 6.07) is 12.0. The summed E-state index contributed by atoms with van der Waals surface area (Å²) < 4.78 is 11.1. The Morgan fingerprint density at radius 1 is 1.18 bits per heavy atom. The van der Waals surface area contributed by atoms with E-state index in [4.69, 9.17) is 9.47 Å². The van der Waals surface area contributed by atoms with Crippen molar-refractivity contribution in [2.75, 3.05) is 57.9 Å². The molecule has 3 aliphatic rings. The first kappa shape index (κ1) is 25.8. The number of carbonyl (C=O) groups is 4. The molecule has 9 heteroatoms. The molecule has 2 aromatic carbocycles. The van der Waals surface area contributed by atoms with E-state index >= 15 is 0 Å². The topological polar surface area (TPSA) is 97.7 Å². The summed E-state index contributed by atoms with van der Waals surface area (Å²) in [7, 11) is 1.62. The van der Waals surface area contributed by atoms with Crippen LogP contribution in [0.4, 0.5) is 5.69 Å². The number of Topliss-reactive ketones (excluding diaryl/α,β-unsaturated/α-hetero) is 2. The van der Waals surface area contributed by atoms with Crippen molar-refractivity contribution < 1.29 is 33.6 Å². The number of likely N-dealkylation sites (tertiary alicyclic amines) is 1. The minimum absolute atomic E-state index is 0.172. The van der Waals surface area contributed by atoms with E-state index in [1.165, 1.54) is 14.7 Å². The van der Waals surface area contributed by atoms with Crippen LogP contribution in [-0.4, -0.2) is 81.3 Å². The molecule has 5 rings (SSSR count). The van der Waals surface area contributed by atoms with Gasteiger partial charge in [0.05, 0.1) is 26.3 Å². The molecule has 0 aliphatic carbocycles. The fourth-order valence-electron chi connectivity index (χ4n) is 5.92. The lowest BCUT2D eigenvalue weighted by molar-refractivity contribution is -0.907. The van der Waals surface area contributed by atoms with Gasteiger partial charge in [-0.2, -0.15) is 0 Å². The van der Waals surface area contributed by atoms with Crippen LogP contribution in [0, 0.1) is 12.8 Å². The number of fused-ring (bicyclic) bond motifs is 2. The Morgan fingerprint density at radius 3 is 2.63 bits per heavy atom. The Kier molecular flexibility index (Phi) is 6.90. The van der Waals surface area contributed by atoms with Crippen LogP contribution in [0.15, 0.2) is 55.1 Å². The van der Waals surface area contributed by atoms with Crippen LogP contribution in [0.5, 0.6) is 5.75 Å². The maximum Gasteiger partial charge on any atom is 0.292 e. The number of likely N-dealkylation sites (N-methyl/N-ethyl adjacent to an activating group) is 1. The summed E-state index contributed by atoms with van der Waals surface area (Å²) in [6.45, 7) is 9.25. The first-order valence-corrected chi connectivity index (χ1v) is 12.9. The van der Waals surface area contributed by atoms with E-state index in [0.717, 1.165) is 13.1 Å². The highest BCUT2D eigenvalue weighted by Gasteiger charge is 2.70. The zero-order valence-corrected chi connectivity index (χ0v) is 21.7. The highest BCUT2D eigenvalue weighted by molar-refractivity contribution is 6.46. The predicted molar refractivity (Wildman–Crippen MR) is 139 cm³/mol. The number of nitrogens with zero attached hydrogens (tertiary/aromatic N) is 2. The standard InChI is InChI=1S/C29H31N3O6/c1-4-15-38-23-10-9-20(18-19(23)2)25(33)24-26(34)27(35)32(12-11-31-13-16-37-17-14-31)29(24)21-7-5-6-8-22(21)30(3)28(29)36/h4-10,18,24H,1,11-17H2,2-3H3/p+1. The molecule has 2 atom stereocenters. The van der Waals surface area contributed by atoms with Crippen molar-refractivity contribution in [3.05, 3.63) is 71.8 Å². The lowest BCUT2D eigenvalue weighted by Crippen LogP contribution is -3.14. The zero-order valence-electron chi connectivity index (χ0n) is 21.7. The van der Waals surface area contributed by atoms with E-state index in [9.17, 15) is 19.2 Å². The third kappa shape index (κ3) is 3.93. The van der Waals surface area contributed by atoms with Crippen LogP contribution in [0.25, 0.3) is 0 Å². The fraction of sp³-hybridized carbons (Fsp3) is 0.379. The van der Waals surface area contributed by atoms with Gasteiger partial charge in [-0.3, -0.25) is 19.2 Å². The van der Waals surface area contributed by atoms with E-state index in [0.29, 0.717) is 48.9 Å². The summed E-state index contributed by atoms with van der Waals surface area (Å²) in [5, 5.41) is 0. The Labute approximate surface area is 221 Å². The van der Waals surface area contributed by atoms with Crippen molar-refractivity contribution in [3.63, 3.8) is 0 Å². The normalized spacial score (nSPS) is 23.3. The minimum Gasteiger partial charge on any atom is -0.489 e. The number of para-hydroxylation sites is 1. The van der Waals surface area contributed by atoms with Gasteiger partial charge in [0.1, 0.15) is 31.4 Å². The van der Waals surface area contributed by atoms with E-state index in [1.54, 1.807) is 62.5 Å². The van der Waals surface area contributed by atoms with E-state index in [-0.39, 0.29) is 12.1 Å². The SMILES string of the molecule is C=CCOc1ccc(C(=O)C2C(=O)C(=O)N(CC[NH+]3CCOCC3)C23C(=O)N(C)c2ccccc23)cc1C. The predicted octanol–water partition coefficient (Wildman–Crippen LogP) is 0.557. The first-order chi connectivity index (χ1) is 18.3. The lowest BCUT2D eigenvalue weighted by atomic mass is 9.75. The van der Waals surface area contributed by atoms with Gasteiger partial charge >= 0.3 is 0 Å². The lowest BCUT2D eigenvalue weighted by Gasteiger charge is -2.37. The summed E-state index contributed by atoms with van der Waals surface area (Å²) in [5.41, 5.74) is 0.315. The molecule has 0 radical (unpaired) electrons. The highest BCUT2D eigenvalue weighted by atomic mass is 16.5.